The maximum absolute atomic E-state index is 13.2. The zero-order valence-electron chi connectivity index (χ0n) is 20.1. The summed E-state index contributed by atoms with van der Waals surface area (Å²) in [5.74, 6) is 1.54. The Balaban J connectivity index is 1.52. The first-order valence-corrected chi connectivity index (χ1v) is 14.0. The SMILES string of the molecule is CCN(CCC1CC1)S(=O)(=O)c1ccc(NCC2(c3ccccc3OC)CCOCC2)cc1Cl. The highest BCUT2D eigenvalue weighted by Gasteiger charge is 2.37. The molecule has 0 unspecified atom stereocenters. The summed E-state index contributed by atoms with van der Waals surface area (Å²) in [6.45, 7) is 4.90. The maximum Gasteiger partial charge on any atom is 0.244 e. The van der Waals surface area contributed by atoms with Crippen LogP contribution in [0.4, 0.5) is 5.69 Å². The van der Waals surface area contributed by atoms with Crippen LogP contribution in [0.15, 0.2) is 47.4 Å². The summed E-state index contributed by atoms with van der Waals surface area (Å²) in [4.78, 5) is 0.169. The van der Waals surface area contributed by atoms with Gasteiger partial charge in [-0.15, -0.1) is 0 Å². The molecule has 1 N–H and O–H groups in total. The highest BCUT2D eigenvalue weighted by molar-refractivity contribution is 7.89. The van der Waals surface area contributed by atoms with E-state index in [9.17, 15) is 8.42 Å². The Labute approximate surface area is 208 Å². The number of sulfonamides is 1. The van der Waals surface area contributed by atoms with E-state index in [1.54, 1.807) is 23.5 Å². The summed E-state index contributed by atoms with van der Waals surface area (Å²) in [6, 6.07) is 13.3. The lowest BCUT2D eigenvalue weighted by Crippen LogP contribution is -2.40. The summed E-state index contributed by atoms with van der Waals surface area (Å²) in [7, 11) is -1.93. The molecule has 1 saturated carbocycles. The molecule has 0 amide bonds. The number of hydrogen-bond donors (Lipinski definition) is 1. The first-order valence-electron chi connectivity index (χ1n) is 12.1. The van der Waals surface area contributed by atoms with Crippen molar-refractivity contribution in [2.75, 3.05) is 45.3 Å². The Morgan fingerprint density at radius 2 is 1.91 bits per heavy atom. The lowest BCUT2D eigenvalue weighted by atomic mass is 9.73. The van der Waals surface area contributed by atoms with Crippen LogP contribution in [0.1, 0.15) is 44.6 Å². The zero-order valence-corrected chi connectivity index (χ0v) is 21.6. The summed E-state index contributed by atoms with van der Waals surface area (Å²) < 4.78 is 39.3. The van der Waals surface area contributed by atoms with Gasteiger partial charge < -0.3 is 14.8 Å². The molecule has 2 aromatic rings. The van der Waals surface area contributed by atoms with Crippen molar-refractivity contribution in [2.45, 2.75) is 49.3 Å². The molecule has 34 heavy (non-hydrogen) atoms. The van der Waals surface area contributed by atoms with Gasteiger partial charge in [0.05, 0.1) is 12.1 Å². The number of nitrogens with zero attached hydrogens (tertiary/aromatic N) is 1. The minimum atomic E-state index is -3.63. The molecule has 1 saturated heterocycles. The van der Waals surface area contributed by atoms with E-state index >= 15 is 0 Å². The molecule has 1 heterocycles. The predicted molar refractivity (Wildman–Crippen MR) is 136 cm³/mol. The lowest BCUT2D eigenvalue weighted by molar-refractivity contribution is 0.0536. The molecule has 0 spiro atoms. The Morgan fingerprint density at radius 3 is 2.56 bits per heavy atom. The molecule has 2 fully saturated rings. The number of rotatable bonds is 11. The van der Waals surface area contributed by atoms with Crippen molar-refractivity contribution in [1.82, 2.24) is 4.31 Å². The molecule has 1 aliphatic heterocycles. The third kappa shape index (κ3) is 5.54. The van der Waals surface area contributed by atoms with Gasteiger partial charge in [-0.25, -0.2) is 8.42 Å². The van der Waals surface area contributed by atoms with E-state index in [-0.39, 0.29) is 15.3 Å². The van der Waals surface area contributed by atoms with Crippen molar-refractivity contribution >= 4 is 27.3 Å². The fraction of sp³-hybridized carbons (Fsp3) is 0.538. The van der Waals surface area contributed by atoms with Crippen molar-refractivity contribution in [1.29, 1.82) is 0 Å². The first kappa shape index (κ1) is 25.3. The van der Waals surface area contributed by atoms with Gasteiger partial charge in [0.25, 0.3) is 0 Å². The molecule has 0 aromatic heterocycles. The average Bonchev–Trinajstić information content (AvgIpc) is 3.68. The number of anilines is 1. The van der Waals surface area contributed by atoms with Crippen molar-refractivity contribution in [3.05, 3.63) is 53.1 Å². The second-order valence-corrected chi connectivity index (χ2v) is 11.6. The Bertz CT molecular complexity index is 1080. The van der Waals surface area contributed by atoms with E-state index in [0.29, 0.717) is 38.8 Å². The van der Waals surface area contributed by atoms with Crippen LogP contribution in [-0.4, -0.2) is 52.7 Å². The van der Waals surface area contributed by atoms with Crippen LogP contribution < -0.4 is 10.1 Å². The monoisotopic (exact) mass is 506 g/mol. The second kappa shape index (κ2) is 10.9. The highest BCUT2D eigenvalue weighted by atomic mass is 35.5. The van der Waals surface area contributed by atoms with E-state index in [1.165, 1.54) is 12.8 Å². The average molecular weight is 507 g/mol. The molecule has 2 aliphatic rings. The number of halogens is 1. The van der Waals surface area contributed by atoms with Crippen LogP contribution in [0.25, 0.3) is 0 Å². The molecular weight excluding hydrogens is 472 g/mol. The third-order valence-electron chi connectivity index (χ3n) is 7.15. The van der Waals surface area contributed by atoms with Crippen LogP contribution >= 0.6 is 11.6 Å². The molecule has 1 aliphatic carbocycles. The normalized spacial score (nSPS) is 18.1. The van der Waals surface area contributed by atoms with Crippen LogP contribution in [0, 0.1) is 5.92 Å². The van der Waals surface area contributed by atoms with Crippen molar-refractivity contribution in [2.24, 2.45) is 5.92 Å². The van der Waals surface area contributed by atoms with E-state index < -0.39 is 10.0 Å². The van der Waals surface area contributed by atoms with Crippen molar-refractivity contribution in [3.63, 3.8) is 0 Å². The number of para-hydroxylation sites is 1. The van der Waals surface area contributed by atoms with E-state index in [2.05, 4.69) is 11.4 Å². The number of nitrogens with one attached hydrogen (secondary N) is 1. The van der Waals surface area contributed by atoms with E-state index in [4.69, 9.17) is 21.1 Å². The van der Waals surface area contributed by atoms with Crippen molar-refractivity contribution < 1.29 is 17.9 Å². The Hall–Kier alpha value is -1.80. The van der Waals surface area contributed by atoms with Gasteiger partial charge in [0.15, 0.2) is 0 Å². The minimum Gasteiger partial charge on any atom is -0.496 e. The molecule has 186 valence electrons. The quantitative estimate of drug-likeness (QED) is 0.446. The summed E-state index contributed by atoms with van der Waals surface area (Å²) in [5.41, 5.74) is 1.81. The molecule has 6 nitrogen and oxygen atoms in total. The molecule has 2 aromatic carbocycles. The van der Waals surface area contributed by atoms with Crippen LogP contribution in [0.3, 0.4) is 0 Å². The molecular formula is C26H35ClN2O4S. The topological polar surface area (TPSA) is 67.9 Å². The molecule has 4 rings (SSSR count). The fourth-order valence-electron chi connectivity index (χ4n) is 4.80. The van der Waals surface area contributed by atoms with Crippen LogP contribution in [0.2, 0.25) is 5.02 Å². The lowest BCUT2D eigenvalue weighted by Gasteiger charge is -2.39. The smallest absolute Gasteiger partial charge is 0.244 e. The minimum absolute atomic E-state index is 0.149. The summed E-state index contributed by atoms with van der Waals surface area (Å²) >= 11 is 6.53. The van der Waals surface area contributed by atoms with Gasteiger partial charge in [-0.05, 0) is 49.4 Å². The molecule has 0 radical (unpaired) electrons. The maximum atomic E-state index is 13.2. The number of ether oxygens (including phenoxy) is 2. The van der Waals surface area contributed by atoms with E-state index in [0.717, 1.165) is 36.3 Å². The Morgan fingerprint density at radius 1 is 1.18 bits per heavy atom. The number of methoxy groups -OCH3 is 1. The zero-order chi connectivity index (χ0) is 24.2. The standard InChI is InChI=1S/C26H35ClN2O4S/c1-3-29(15-12-20-8-9-20)34(30,31)25-11-10-21(18-23(25)27)28-19-26(13-16-33-17-14-26)22-6-4-5-7-24(22)32-2/h4-7,10-11,18,20,28H,3,8-9,12-17,19H2,1-2H3. The molecule has 8 heteroatoms. The molecule has 0 bridgehead atoms. The van der Waals surface area contributed by atoms with Crippen LogP contribution in [0.5, 0.6) is 5.75 Å². The highest BCUT2D eigenvalue weighted by Crippen LogP contribution is 2.40. The summed E-state index contributed by atoms with van der Waals surface area (Å²) in [6.07, 6.45) is 5.07. The van der Waals surface area contributed by atoms with Gasteiger partial charge in [-0.3, -0.25) is 0 Å². The fourth-order valence-corrected chi connectivity index (χ4v) is 6.78. The Kier molecular flexibility index (Phi) is 8.08. The van der Waals surface area contributed by atoms with Gasteiger partial charge in [-0.2, -0.15) is 4.31 Å². The largest absolute Gasteiger partial charge is 0.496 e. The second-order valence-electron chi connectivity index (χ2n) is 9.32. The van der Waals surface area contributed by atoms with E-state index in [1.807, 2.05) is 31.2 Å². The molecule has 0 atom stereocenters. The van der Waals surface area contributed by atoms with Crippen molar-refractivity contribution in [3.8, 4) is 5.75 Å². The predicted octanol–water partition coefficient (Wildman–Crippen LogP) is 5.32. The van der Waals surface area contributed by atoms with Crippen LogP contribution in [-0.2, 0) is 20.2 Å². The number of hydrogen-bond acceptors (Lipinski definition) is 5. The number of benzene rings is 2. The van der Waals surface area contributed by atoms with Gasteiger partial charge >= 0.3 is 0 Å². The third-order valence-corrected chi connectivity index (χ3v) is 9.60. The van der Waals surface area contributed by atoms with Gasteiger partial charge in [0, 0.05) is 49.5 Å². The summed E-state index contributed by atoms with van der Waals surface area (Å²) in [5, 5.41) is 3.76. The first-order chi connectivity index (χ1) is 16.4. The van der Waals surface area contributed by atoms with Gasteiger partial charge in [0.1, 0.15) is 10.6 Å². The van der Waals surface area contributed by atoms with Gasteiger partial charge in [0.2, 0.25) is 10.0 Å². The van der Waals surface area contributed by atoms with Gasteiger partial charge in [-0.1, -0.05) is 49.6 Å².